The first-order valence-electron chi connectivity index (χ1n) is 10.1. The van der Waals surface area contributed by atoms with Gasteiger partial charge in [-0.2, -0.15) is 5.10 Å². The van der Waals surface area contributed by atoms with Crippen LogP contribution >= 0.6 is 34.8 Å². The van der Waals surface area contributed by atoms with Crippen molar-refractivity contribution < 1.29 is 0 Å². The molecule has 168 valence electrons. The molecule has 2 N–H and O–H groups in total. The number of benzene rings is 3. The lowest BCUT2D eigenvalue weighted by atomic mass is 10.1. The third-order valence-electron chi connectivity index (χ3n) is 5.20. The van der Waals surface area contributed by atoms with Gasteiger partial charge in [0.15, 0.2) is 0 Å². The summed E-state index contributed by atoms with van der Waals surface area (Å²) in [5.74, 6) is 0. The van der Waals surface area contributed by atoms with E-state index in [4.69, 9.17) is 40.5 Å². The largest absolute Gasteiger partial charge is 0.352 e. The van der Waals surface area contributed by atoms with Crippen molar-refractivity contribution in [3.05, 3.63) is 126 Å². The molecule has 33 heavy (non-hydrogen) atoms. The molecule has 1 aromatic heterocycles. The predicted molar refractivity (Wildman–Crippen MR) is 132 cm³/mol. The third kappa shape index (κ3) is 4.89. The van der Waals surface area contributed by atoms with E-state index in [1.54, 1.807) is 42.5 Å². The maximum absolute atomic E-state index is 13.4. The highest BCUT2D eigenvalue weighted by Crippen LogP contribution is 2.26. The van der Waals surface area contributed by atoms with Gasteiger partial charge in [-0.05, 0) is 35.4 Å². The highest BCUT2D eigenvalue weighted by atomic mass is 35.5. The van der Waals surface area contributed by atoms with Crippen molar-refractivity contribution in [3.63, 3.8) is 0 Å². The van der Waals surface area contributed by atoms with Crippen LogP contribution in [0.15, 0.2) is 82.4 Å². The highest BCUT2D eigenvalue weighted by molar-refractivity contribution is 6.36. The lowest BCUT2D eigenvalue weighted by Gasteiger charge is -2.17. The molecule has 0 aliphatic carbocycles. The van der Waals surface area contributed by atoms with Crippen molar-refractivity contribution in [1.82, 2.24) is 14.3 Å². The van der Waals surface area contributed by atoms with Gasteiger partial charge < -0.3 is 5.73 Å². The van der Waals surface area contributed by atoms with Gasteiger partial charge in [-0.3, -0.25) is 4.79 Å². The van der Waals surface area contributed by atoms with E-state index < -0.39 is 17.3 Å². The minimum Gasteiger partial charge on any atom is -0.322 e. The Morgan fingerprint density at radius 1 is 0.818 bits per heavy atom. The molecular weight excluding hydrogens is 483 g/mol. The molecule has 0 radical (unpaired) electrons. The molecule has 0 saturated carbocycles. The zero-order valence-electron chi connectivity index (χ0n) is 17.3. The fraction of sp³-hybridized carbons (Fsp3) is 0.125. The summed E-state index contributed by atoms with van der Waals surface area (Å²) in [5, 5.41) is 5.40. The van der Waals surface area contributed by atoms with Crippen LogP contribution in [0.3, 0.4) is 0 Å². The molecule has 0 saturated heterocycles. The van der Waals surface area contributed by atoms with Crippen LogP contribution in [0, 0.1) is 0 Å². The molecule has 4 aromatic rings. The summed E-state index contributed by atoms with van der Waals surface area (Å²) in [6, 6.07) is 20.5. The van der Waals surface area contributed by atoms with Gasteiger partial charge in [0.05, 0.1) is 17.3 Å². The zero-order valence-corrected chi connectivity index (χ0v) is 19.6. The Hall–Kier alpha value is -2.90. The summed E-state index contributed by atoms with van der Waals surface area (Å²) < 4.78 is 2.19. The molecule has 6 nitrogen and oxygen atoms in total. The second-order valence-corrected chi connectivity index (χ2v) is 8.62. The van der Waals surface area contributed by atoms with Gasteiger partial charge in [-0.25, -0.2) is 14.0 Å². The number of para-hydroxylation sites is 1. The maximum atomic E-state index is 13.4. The number of hydrogen-bond donors (Lipinski definition) is 1. The van der Waals surface area contributed by atoms with Crippen LogP contribution < -0.4 is 17.0 Å². The van der Waals surface area contributed by atoms with Gasteiger partial charge in [0, 0.05) is 22.5 Å². The predicted octanol–water partition coefficient (Wildman–Crippen LogP) is 4.65. The van der Waals surface area contributed by atoms with Crippen molar-refractivity contribution >= 4 is 34.8 Å². The van der Waals surface area contributed by atoms with Crippen LogP contribution in [0.5, 0.6) is 0 Å². The molecule has 1 heterocycles. The van der Waals surface area contributed by atoms with E-state index in [1.165, 1.54) is 4.68 Å². The minimum absolute atomic E-state index is 0.0304. The summed E-state index contributed by atoms with van der Waals surface area (Å²) in [5.41, 5.74) is 6.81. The van der Waals surface area contributed by atoms with Crippen molar-refractivity contribution in [1.29, 1.82) is 0 Å². The van der Waals surface area contributed by atoms with E-state index in [1.807, 2.05) is 30.3 Å². The normalized spacial score (nSPS) is 12.0. The first kappa shape index (κ1) is 23.3. The fourth-order valence-corrected chi connectivity index (χ4v) is 4.25. The maximum Gasteiger partial charge on any atom is 0.352 e. The van der Waals surface area contributed by atoms with Crippen molar-refractivity contribution in [2.75, 3.05) is 0 Å². The Morgan fingerprint density at radius 3 is 2.09 bits per heavy atom. The molecular formula is C24H19Cl3N4O2. The molecule has 0 bridgehead atoms. The number of halogens is 3. The summed E-state index contributed by atoms with van der Waals surface area (Å²) >= 11 is 19.0. The number of rotatable bonds is 6. The average molecular weight is 502 g/mol. The molecule has 0 fully saturated rings. The van der Waals surface area contributed by atoms with Gasteiger partial charge in [-0.1, -0.05) is 83.3 Å². The van der Waals surface area contributed by atoms with E-state index in [9.17, 15) is 9.59 Å². The lowest BCUT2D eigenvalue weighted by Crippen LogP contribution is -2.44. The Labute approximate surface area is 204 Å². The van der Waals surface area contributed by atoms with Crippen molar-refractivity contribution in [3.8, 4) is 5.69 Å². The number of hydrogen-bond acceptors (Lipinski definition) is 4. The summed E-state index contributed by atoms with van der Waals surface area (Å²) in [6.45, 7) is 0.0524. The van der Waals surface area contributed by atoms with E-state index in [2.05, 4.69) is 5.10 Å². The van der Waals surface area contributed by atoms with Crippen LogP contribution in [0.1, 0.15) is 22.9 Å². The Morgan fingerprint density at radius 2 is 1.42 bits per heavy atom. The number of aromatic nitrogens is 3. The zero-order chi connectivity index (χ0) is 23.5. The quantitative estimate of drug-likeness (QED) is 0.417. The molecule has 3 aromatic carbocycles. The molecule has 4 rings (SSSR count). The lowest BCUT2D eigenvalue weighted by molar-refractivity contribution is 0.470. The van der Waals surface area contributed by atoms with Crippen LogP contribution in [0.25, 0.3) is 5.69 Å². The first-order chi connectivity index (χ1) is 15.9. The fourth-order valence-electron chi connectivity index (χ4n) is 3.50. The smallest absolute Gasteiger partial charge is 0.322 e. The molecule has 0 amide bonds. The van der Waals surface area contributed by atoms with E-state index in [0.29, 0.717) is 15.6 Å². The van der Waals surface area contributed by atoms with Crippen molar-refractivity contribution in [2.24, 2.45) is 5.73 Å². The SMILES string of the molecule is NC(Cn1nc(Cc2c(Cl)cccc2Cl)c(=O)n(-c2ccccc2Cl)c1=O)c1ccccc1. The van der Waals surface area contributed by atoms with Crippen LogP contribution in [0.2, 0.25) is 15.1 Å². The topological polar surface area (TPSA) is 82.9 Å². The summed E-state index contributed by atoms with van der Waals surface area (Å²) in [6.07, 6.45) is 0.0304. The van der Waals surface area contributed by atoms with Crippen LogP contribution in [0.4, 0.5) is 0 Å². The molecule has 0 aliphatic rings. The molecule has 1 atom stereocenters. The minimum atomic E-state index is -0.645. The van der Waals surface area contributed by atoms with Crippen LogP contribution in [-0.4, -0.2) is 14.3 Å². The Balaban J connectivity index is 1.89. The van der Waals surface area contributed by atoms with E-state index >= 15 is 0 Å². The van der Waals surface area contributed by atoms with Gasteiger partial charge in [0.25, 0.3) is 5.56 Å². The van der Waals surface area contributed by atoms with E-state index in [0.717, 1.165) is 10.1 Å². The number of nitrogens with two attached hydrogens (primary N) is 1. The number of nitrogens with zero attached hydrogens (tertiary/aromatic N) is 3. The van der Waals surface area contributed by atoms with Crippen LogP contribution in [-0.2, 0) is 13.0 Å². The molecule has 1 unspecified atom stereocenters. The molecule has 0 spiro atoms. The Bertz CT molecular complexity index is 1400. The van der Waals surface area contributed by atoms with Gasteiger partial charge in [0.2, 0.25) is 0 Å². The second-order valence-electron chi connectivity index (χ2n) is 7.40. The third-order valence-corrected chi connectivity index (χ3v) is 6.23. The Kier molecular flexibility index (Phi) is 7.00. The highest BCUT2D eigenvalue weighted by Gasteiger charge is 2.20. The average Bonchev–Trinajstić information content (AvgIpc) is 2.81. The standard InChI is InChI=1S/C24H19Cl3N4O2/c25-17-10-6-11-18(26)16(17)13-21-23(32)31(22-12-5-4-9-19(22)27)24(33)30(29-21)14-20(28)15-7-2-1-3-8-15/h1-12,20H,13-14,28H2. The molecule has 9 heteroatoms. The first-order valence-corrected chi connectivity index (χ1v) is 11.2. The summed E-state index contributed by atoms with van der Waals surface area (Å²) in [4.78, 5) is 26.7. The van der Waals surface area contributed by atoms with Gasteiger partial charge in [-0.15, -0.1) is 0 Å². The van der Waals surface area contributed by atoms with Gasteiger partial charge in [0.1, 0.15) is 5.69 Å². The molecule has 0 aliphatic heterocycles. The van der Waals surface area contributed by atoms with E-state index in [-0.39, 0.29) is 29.4 Å². The monoisotopic (exact) mass is 500 g/mol. The second kappa shape index (κ2) is 9.93. The van der Waals surface area contributed by atoms with Gasteiger partial charge >= 0.3 is 5.69 Å². The van der Waals surface area contributed by atoms with Crippen molar-refractivity contribution in [2.45, 2.75) is 19.0 Å². The summed E-state index contributed by atoms with van der Waals surface area (Å²) in [7, 11) is 0.